The third kappa shape index (κ3) is 3.40. The molecule has 0 spiro atoms. The highest BCUT2D eigenvalue weighted by Gasteiger charge is 2.27. The van der Waals surface area contributed by atoms with Crippen LogP contribution in [0.25, 0.3) is 0 Å². The molecule has 24 heavy (non-hydrogen) atoms. The van der Waals surface area contributed by atoms with Crippen molar-refractivity contribution in [3.8, 4) is 11.5 Å². The number of benzene rings is 1. The van der Waals surface area contributed by atoms with Crippen LogP contribution in [0.4, 0.5) is 0 Å². The highest BCUT2D eigenvalue weighted by atomic mass is 16.6. The molecule has 1 unspecified atom stereocenters. The van der Waals surface area contributed by atoms with Gasteiger partial charge in [-0.25, -0.2) is 0 Å². The molecule has 0 saturated carbocycles. The molecule has 1 aliphatic heterocycles. The smallest absolute Gasteiger partial charge is 0.257 e. The molecule has 128 valence electrons. The van der Waals surface area contributed by atoms with Gasteiger partial charge in [0.1, 0.15) is 18.1 Å². The fourth-order valence-electron chi connectivity index (χ4n) is 2.96. The van der Waals surface area contributed by atoms with Crippen LogP contribution in [0.2, 0.25) is 0 Å². The molecule has 3 rings (SSSR count). The second-order valence-corrected chi connectivity index (χ2v) is 6.08. The van der Waals surface area contributed by atoms with Gasteiger partial charge in [0.15, 0.2) is 17.6 Å². The fourth-order valence-corrected chi connectivity index (χ4v) is 2.96. The Bertz CT molecular complexity index is 722. The highest BCUT2D eigenvalue weighted by Crippen LogP contribution is 2.31. The summed E-state index contributed by atoms with van der Waals surface area (Å²) in [6, 6.07) is 9.40. The van der Waals surface area contributed by atoms with Crippen molar-refractivity contribution in [2.45, 2.75) is 33.3 Å². The van der Waals surface area contributed by atoms with Crippen molar-refractivity contribution < 1.29 is 18.7 Å². The minimum absolute atomic E-state index is 0.0198. The van der Waals surface area contributed by atoms with E-state index in [4.69, 9.17) is 13.9 Å². The van der Waals surface area contributed by atoms with E-state index in [0.29, 0.717) is 31.0 Å². The number of carbonyl (C=O) groups excluding carboxylic acids is 1. The van der Waals surface area contributed by atoms with Crippen LogP contribution in [0.15, 0.2) is 34.7 Å². The molecular formula is C19H23NO4. The zero-order chi connectivity index (χ0) is 17.1. The Morgan fingerprint density at radius 2 is 2.00 bits per heavy atom. The topological polar surface area (TPSA) is 51.9 Å². The number of hydrogen-bond acceptors (Lipinski definition) is 4. The Kier molecular flexibility index (Phi) is 4.79. The number of rotatable bonds is 5. The van der Waals surface area contributed by atoms with E-state index in [9.17, 15) is 4.79 Å². The Labute approximate surface area is 142 Å². The van der Waals surface area contributed by atoms with Crippen LogP contribution in [-0.4, -0.2) is 36.6 Å². The number of furan rings is 1. The molecule has 0 fully saturated rings. The largest absolute Gasteiger partial charge is 0.486 e. The SMILES string of the molecule is CCCN(CC1COc2ccccc2O1)C(=O)c1cc(C)oc1C. The lowest BCUT2D eigenvalue weighted by atomic mass is 10.2. The molecule has 0 bridgehead atoms. The van der Waals surface area contributed by atoms with E-state index in [1.807, 2.05) is 43.0 Å². The van der Waals surface area contributed by atoms with Crippen LogP contribution in [0, 0.1) is 13.8 Å². The van der Waals surface area contributed by atoms with Crippen molar-refractivity contribution in [1.82, 2.24) is 4.90 Å². The van der Waals surface area contributed by atoms with Gasteiger partial charge in [-0.3, -0.25) is 4.79 Å². The van der Waals surface area contributed by atoms with E-state index < -0.39 is 0 Å². The van der Waals surface area contributed by atoms with Crippen LogP contribution in [-0.2, 0) is 0 Å². The summed E-state index contributed by atoms with van der Waals surface area (Å²) in [7, 11) is 0. The van der Waals surface area contributed by atoms with Crippen molar-refractivity contribution in [3.05, 3.63) is 47.4 Å². The van der Waals surface area contributed by atoms with Crippen LogP contribution in [0.5, 0.6) is 11.5 Å². The van der Waals surface area contributed by atoms with Gasteiger partial charge < -0.3 is 18.8 Å². The number of para-hydroxylation sites is 2. The summed E-state index contributed by atoms with van der Waals surface area (Å²) in [5, 5.41) is 0. The summed E-state index contributed by atoms with van der Waals surface area (Å²) in [6.45, 7) is 7.33. The van der Waals surface area contributed by atoms with E-state index in [-0.39, 0.29) is 12.0 Å². The Morgan fingerprint density at radius 3 is 2.67 bits per heavy atom. The monoisotopic (exact) mass is 329 g/mol. The zero-order valence-electron chi connectivity index (χ0n) is 14.4. The fraction of sp³-hybridized carbons (Fsp3) is 0.421. The quantitative estimate of drug-likeness (QED) is 0.841. The van der Waals surface area contributed by atoms with Gasteiger partial charge in [0, 0.05) is 6.54 Å². The van der Waals surface area contributed by atoms with Gasteiger partial charge in [0.25, 0.3) is 5.91 Å². The predicted octanol–water partition coefficient (Wildman–Crippen LogP) is 3.59. The number of ether oxygens (including phenoxy) is 2. The third-order valence-electron chi connectivity index (χ3n) is 4.04. The number of carbonyl (C=O) groups is 1. The van der Waals surface area contributed by atoms with Gasteiger partial charge in [-0.1, -0.05) is 19.1 Å². The van der Waals surface area contributed by atoms with Crippen molar-refractivity contribution in [1.29, 1.82) is 0 Å². The van der Waals surface area contributed by atoms with Crippen LogP contribution in [0.3, 0.4) is 0 Å². The first-order valence-corrected chi connectivity index (χ1v) is 8.33. The second kappa shape index (κ2) is 6.99. The maximum absolute atomic E-state index is 12.9. The molecule has 2 heterocycles. The van der Waals surface area contributed by atoms with Gasteiger partial charge in [0.05, 0.1) is 12.1 Å². The molecule has 0 saturated heterocycles. The normalized spacial score (nSPS) is 16.0. The summed E-state index contributed by atoms with van der Waals surface area (Å²) in [6.07, 6.45) is 0.704. The van der Waals surface area contributed by atoms with Crippen LogP contribution >= 0.6 is 0 Å². The number of amides is 1. The molecule has 1 aromatic heterocycles. The van der Waals surface area contributed by atoms with E-state index in [1.54, 1.807) is 6.07 Å². The lowest BCUT2D eigenvalue weighted by Gasteiger charge is -2.31. The molecule has 5 heteroatoms. The Balaban J connectivity index is 1.73. The molecule has 1 aromatic carbocycles. The summed E-state index contributed by atoms with van der Waals surface area (Å²) in [5.41, 5.74) is 0.623. The average molecular weight is 329 g/mol. The number of nitrogens with zero attached hydrogens (tertiary/aromatic N) is 1. The molecule has 0 aliphatic carbocycles. The van der Waals surface area contributed by atoms with E-state index in [0.717, 1.165) is 23.7 Å². The standard InChI is InChI=1S/C19H23NO4/c1-4-9-20(19(21)16-10-13(2)23-14(16)3)11-15-12-22-17-7-5-6-8-18(17)24-15/h5-8,10,15H,4,9,11-12H2,1-3H3. The number of fused-ring (bicyclic) bond motifs is 1. The first-order chi connectivity index (χ1) is 11.6. The lowest BCUT2D eigenvalue weighted by molar-refractivity contribution is 0.0461. The van der Waals surface area contributed by atoms with Crippen LogP contribution in [0.1, 0.15) is 35.2 Å². The zero-order valence-corrected chi connectivity index (χ0v) is 14.4. The van der Waals surface area contributed by atoms with Gasteiger partial charge in [0.2, 0.25) is 0 Å². The van der Waals surface area contributed by atoms with Gasteiger partial charge in [-0.05, 0) is 38.5 Å². The molecule has 0 N–H and O–H groups in total. The van der Waals surface area contributed by atoms with E-state index in [1.165, 1.54) is 0 Å². The molecule has 2 aromatic rings. The average Bonchev–Trinajstić information content (AvgIpc) is 2.92. The Hall–Kier alpha value is -2.43. The van der Waals surface area contributed by atoms with Crippen molar-refractivity contribution in [3.63, 3.8) is 0 Å². The maximum Gasteiger partial charge on any atom is 0.257 e. The summed E-state index contributed by atoms with van der Waals surface area (Å²) >= 11 is 0. The van der Waals surface area contributed by atoms with Gasteiger partial charge in [-0.15, -0.1) is 0 Å². The van der Waals surface area contributed by atoms with Crippen molar-refractivity contribution >= 4 is 5.91 Å². The molecular weight excluding hydrogens is 306 g/mol. The van der Waals surface area contributed by atoms with E-state index in [2.05, 4.69) is 6.92 Å². The first kappa shape index (κ1) is 16.4. The van der Waals surface area contributed by atoms with Gasteiger partial charge >= 0.3 is 0 Å². The first-order valence-electron chi connectivity index (χ1n) is 8.33. The van der Waals surface area contributed by atoms with Crippen molar-refractivity contribution in [2.75, 3.05) is 19.7 Å². The second-order valence-electron chi connectivity index (χ2n) is 6.08. The minimum atomic E-state index is -0.177. The minimum Gasteiger partial charge on any atom is -0.486 e. The molecule has 1 atom stereocenters. The molecule has 1 amide bonds. The lowest BCUT2D eigenvalue weighted by Crippen LogP contribution is -2.44. The molecule has 1 aliphatic rings. The highest BCUT2D eigenvalue weighted by molar-refractivity contribution is 5.95. The van der Waals surface area contributed by atoms with E-state index >= 15 is 0 Å². The molecule has 0 radical (unpaired) electrons. The Morgan fingerprint density at radius 1 is 1.25 bits per heavy atom. The molecule has 5 nitrogen and oxygen atoms in total. The number of aryl methyl sites for hydroxylation is 2. The summed E-state index contributed by atoms with van der Waals surface area (Å²) in [4.78, 5) is 14.7. The summed E-state index contributed by atoms with van der Waals surface area (Å²) < 4.78 is 17.2. The summed E-state index contributed by atoms with van der Waals surface area (Å²) in [5.74, 6) is 2.87. The maximum atomic E-state index is 12.9. The predicted molar refractivity (Wildman–Crippen MR) is 90.7 cm³/mol. The van der Waals surface area contributed by atoms with Crippen LogP contribution < -0.4 is 9.47 Å². The number of hydrogen-bond donors (Lipinski definition) is 0. The van der Waals surface area contributed by atoms with Crippen molar-refractivity contribution in [2.24, 2.45) is 0 Å². The third-order valence-corrected chi connectivity index (χ3v) is 4.04. The van der Waals surface area contributed by atoms with Gasteiger partial charge in [-0.2, -0.15) is 0 Å².